The number of esters is 1. The minimum Gasteiger partial charge on any atom is -0.461 e. The first kappa shape index (κ1) is 48.8. The summed E-state index contributed by atoms with van der Waals surface area (Å²) in [5.74, 6) is 2.26. The highest BCUT2D eigenvalue weighted by molar-refractivity contribution is 7.52. The van der Waals surface area contributed by atoms with Gasteiger partial charge in [0.2, 0.25) is 0 Å². The van der Waals surface area contributed by atoms with E-state index in [9.17, 15) is 13.8 Å². The van der Waals surface area contributed by atoms with Crippen molar-refractivity contribution >= 4 is 30.7 Å². The Morgan fingerprint density at radius 2 is 1.47 bits per heavy atom. The van der Waals surface area contributed by atoms with Crippen LogP contribution in [0.25, 0.3) is 11.2 Å². The lowest BCUT2D eigenvalue weighted by Crippen LogP contribution is -2.40. The van der Waals surface area contributed by atoms with Gasteiger partial charge in [0.15, 0.2) is 17.1 Å². The van der Waals surface area contributed by atoms with Crippen LogP contribution in [0.3, 0.4) is 0 Å². The van der Waals surface area contributed by atoms with E-state index in [0.717, 1.165) is 38.5 Å². The largest absolute Gasteiger partial charge is 0.461 e. The Balaban J connectivity index is 1.65. The molecule has 14 heteroatoms. The van der Waals surface area contributed by atoms with Crippen molar-refractivity contribution < 1.29 is 32.3 Å². The second kappa shape index (κ2) is 27.2. The second-order valence-corrected chi connectivity index (χ2v) is 17.1. The molecule has 0 aliphatic rings. The summed E-state index contributed by atoms with van der Waals surface area (Å²) in [7, 11) is -2.86. The van der Waals surface area contributed by atoms with Crippen molar-refractivity contribution in [2.75, 3.05) is 19.5 Å². The fourth-order valence-electron chi connectivity index (χ4n) is 6.89. The summed E-state index contributed by atoms with van der Waals surface area (Å²) < 4.78 is 53.8. The number of para-hydroxylation sites is 1. The molecule has 2 aromatic heterocycles. The van der Waals surface area contributed by atoms with Crippen molar-refractivity contribution in [3.05, 3.63) is 42.7 Å². The molecule has 324 valence electrons. The van der Waals surface area contributed by atoms with Crippen LogP contribution in [0.2, 0.25) is 0 Å². The number of nitrogen functional groups attached to an aromatic ring is 1. The smallest absolute Gasteiger partial charge is 0.459 e. The first-order chi connectivity index (χ1) is 28.1. The number of halogens is 1. The number of fused-ring (bicyclic) bond motifs is 1. The van der Waals surface area contributed by atoms with E-state index in [2.05, 4.69) is 39.8 Å². The van der Waals surface area contributed by atoms with Crippen molar-refractivity contribution in [3.63, 3.8) is 0 Å². The van der Waals surface area contributed by atoms with Crippen molar-refractivity contribution in [3.8, 4) is 18.1 Å². The van der Waals surface area contributed by atoms with Crippen LogP contribution in [-0.2, 0) is 29.9 Å². The van der Waals surface area contributed by atoms with Crippen LogP contribution in [0, 0.1) is 18.4 Å². The first-order valence-corrected chi connectivity index (χ1v) is 23.3. The van der Waals surface area contributed by atoms with Crippen LogP contribution in [0.15, 0.2) is 36.7 Å². The van der Waals surface area contributed by atoms with Gasteiger partial charge in [0.05, 0.1) is 12.9 Å². The Morgan fingerprint density at radius 1 is 0.914 bits per heavy atom. The fourth-order valence-corrected chi connectivity index (χ4v) is 8.43. The van der Waals surface area contributed by atoms with Gasteiger partial charge in [-0.25, -0.2) is 9.55 Å². The van der Waals surface area contributed by atoms with E-state index in [1.165, 1.54) is 103 Å². The average Bonchev–Trinajstić information content (AvgIpc) is 3.63. The third-order valence-electron chi connectivity index (χ3n) is 10.6. The third-order valence-corrected chi connectivity index (χ3v) is 12.2. The second-order valence-electron chi connectivity index (χ2n) is 15.4. The number of benzene rings is 1. The van der Waals surface area contributed by atoms with Crippen LogP contribution in [0.1, 0.15) is 156 Å². The van der Waals surface area contributed by atoms with E-state index in [1.807, 2.05) is 0 Å². The van der Waals surface area contributed by atoms with Crippen LogP contribution < -0.4 is 15.3 Å². The highest BCUT2D eigenvalue weighted by atomic mass is 31.2. The van der Waals surface area contributed by atoms with Gasteiger partial charge >= 0.3 is 19.8 Å². The molecule has 3 N–H and O–H groups in total. The summed E-state index contributed by atoms with van der Waals surface area (Å²) in [5.41, 5.74) is 4.85. The van der Waals surface area contributed by atoms with Gasteiger partial charge in [0, 0.05) is 20.1 Å². The van der Waals surface area contributed by atoms with Gasteiger partial charge in [-0.15, -0.1) is 6.42 Å². The number of nitrogens with two attached hydrogens (primary N) is 1. The topological polar surface area (TPSA) is 153 Å². The number of aryl methyl sites for hydroxylation is 1. The van der Waals surface area contributed by atoms with Gasteiger partial charge in [-0.2, -0.15) is 19.4 Å². The third kappa shape index (κ3) is 17.7. The number of carbonyl (C=O) groups is 1. The quantitative estimate of drug-likeness (QED) is 0.0198. The van der Waals surface area contributed by atoms with Crippen LogP contribution >= 0.6 is 7.75 Å². The molecule has 1 aromatic carbocycles. The number of ether oxygens (including phenoxy) is 2. The minimum absolute atomic E-state index is 0.0874. The molecule has 3 aromatic rings. The molecule has 1 unspecified atom stereocenters. The monoisotopic (exact) mass is 829 g/mol. The van der Waals surface area contributed by atoms with Gasteiger partial charge in [0.25, 0.3) is 0 Å². The Morgan fingerprint density at radius 3 is 2.00 bits per heavy atom. The van der Waals surface area contributed by atoms with E-state index >= 15 is 0 Å². The van der Waals surface area contributed by atoms with E-state index in [4.69, 9.17) is 30.7 Å². The Labute approximate surface area is 346 Å². The lowest BCUT2D eigenvalue weighted by Gasteiger charge is -2.30. The molecule has 0 amide bonds. The van der Waals surface area contributed by atoms with Crippen LogP contribution in [-0.4, -0.2) is 57.0 Å². The van der Waals surface area contributed by atoms with Gasteiger partial charge in [0.1, 0.15) is 23.4 Å². The molecule has 0 aliphatic heterocycles. The number of imidazole rings is 1. The normalized spacial score (nSPS) is 14.2. The van der Waals surface area contributed by atoms with Crippen LogP contribution in [0.5, 0.6) is 5.75 Å². The number of anilines is 1. The number of hydrogen-bond acceptors (Lipinski definition) is 10. The highest BCUT2D eigenvalue weighted by Gasteiger charge is 2.38. The molecule has 2 heterocycles. The molecular formula is C44H70FN6O6P. The number of nitrogens with zero attached hydrogens (tertiary/aromatic N) is 4. The van der Waals surface area contributed by atoms with Gasteiger partial charge in [-0.1, -0.05) is 141 Å². The first-order valence-electron chi connectivity index (χ1n) is 21.7. The number of nitrogens with one attached hydrogen (secondary N) is 1. The number of aromatic nitrogens is 4. The Bertz CT molecular complexity index is 1670. The molecule has 12 nitrogen and oxygen atoms in total. The molecule has 0 fully saturated rings. The number of methoxy groups -OCH3 is 1. The van der Waals surface area contributed by atoms with E-state index < -0.39 is 31.4 Å². The van der Waals surface area contributed by atoms with E-state index in [-0.39, 0.29) is 48.4 Å². The average molecular weight is 829 g/mol. The van der Waals surface area contributed by atoms with Crippen molar-refractivity contribution in [1.82, 2.24) is 24.6 Å². The predicted molar refractivity (Wildman–Crippen MR) is 230 cm³/mol. The standard InChI is InChI=1S/C44H70FN6O6P/c1-6-9-11-13-15-17-19-21-24-28-37(29-25-22-20-18-16-14-12-10-7-2)56-42(52)36(4)50-58(53,57-38-30-26-23-27-31-38)55-34-44(8-3,54-5)32-33-51-35-47-39-40(46)48-43(45)49-41(39)51/h3,23,26-27,30-31,35-37H,6-7,9-22,24-25,28-29,32-34H2,1-2,4-5H3,(H,50,53)(H2,46,48,49)/t36-,44-,58?/m0/s1. The zero-order valence-corrected chi connectivity index (χ0v) is 36.5. The summed E-state index contributed by atoms with van der Waals surface area (Å²) in [4.78, 5) is 25.2. The van der Waals surface area contributed by atoms with Crippen LogP contribution in [0.4, 0.5) is 10.2 Å². The van der Waals surface area contributed by atoms with Crippen molar-refractivity contribution in [2.24, 2.45) is 0 Å². The number of rotatable bonds is 33. The van der Waals surface area contributed by atoms with E-state index in [0.29, 0.717) is 0 Å². The lowest BCUT2D eigenvalue weighted by molar-refractivity contribution is -0.151. The number of terminal acetylenes is 1. The molecule has 58 heavy (non-hydrogen) atoms. The molecule has 3 atom stereocenters. The van der Waals surface area contributed by atoms with Gasteiger partial charge in [-0.3, -0.25) is 9.32 Å². The minimum atomic E-state index is -4.27. The molecule has 0 bridgehead atoms. The summed E-state index contributed by atoms with van der Waals surface area (Å²) in [6, 6.07) is 7.49. The Kier molecular flexibility index (Phi) is 22.9. The maximum atomic E-state index is 14.5. The highest BCUT2D eigenvalue weighted by Crippen LogP contribution is 2.46. The van der Waals surface area contributed by atoms with Gasteiger partial charge in [-0.05, 0) is 44.7 Å². The zero-order valence-electron chi connectivity index (χ0n) is 35.6. The van der Waals surface area contributed by atoms with E-state index in [1.54, 1.807) is 41.8 Å². The molecule has 0 aliphatic carbocycles. The van der Waals surface area contributed by atoms with Gasteiger partial charge < -0.3 is 24.3 Å². The summed E-state index contributed by atoms with van der Waals surface area (Å²) in [6.45, 7) is 5.85. The van der Waals surface area contributed by atoms with Crippen molar-refractivity contribution in [1.29, 1.82) is 0 Å². The summed E-state index contributed by atoms with van der Waals surface area (Å²) >= 11 is 0. The molecule has 0 saturated heterocycles. The number of hydrogen-bond donors (Lipinski definition) is 2. The molecule has 0 radical (unpaired) electrons. The SMILES string of the molecule is C#C[C@](CCn1cnc2c(N)nc(F)nc21)(COP(=O)(N[C@@H](C)C(=O)OC(CCCCCCCCCCC)CCCCCCCCCCC)Oc1ccccc1)OC. The predicted octanol–water partition coefficient (Wildman–Crippen LogP) is 10.9. The molecular weight excluding hydrogens is 758 g/mol. The zero-order chi connectivity index (χ0) is 42.1. The van der Waals surface area contributed by atoms with Crippen molar-refractivity contribution in [2.45, 2.75) is 180 Å². The molecule has 0 spiro atoms. The molecule has 3 rings (SSSR count). The lowest BCUT2D eigenvalue weighted by atomic mass is 10.0. The fraction of sp³-hybridized carbons (Fsp3) is 0.682. The summed E-state index contributed by atoms with van der Waals surface area (Å²) in [6.07, 6.45) is 29.8. The summed E-state index contributed by atoms with van der Waals surface area (Å²) in [5, 5.41) is 2.81. The molecule has 0 saturated carbocycles. The number of carbonyl (C=O) groups excluding carboxylic acids is 1. The Hall–Kier alpha value is -3.56. The maximum absolute atomic E-state index is 14.5. The number of unbranched alkanes of at least 4 members (excludes halogenated alkanes) is 16. The maximum Gasteiger partial charge on any atom is 0.459 e.